The van der Waals surface area contributed by atoms with E-state index in [0.29, 0.717) is 6.54 Å². The van der Waals surface area contributed by atoms with Gasteiger partial charge in [-0.25, -0.2) is 9.38 Å². The van der Waals surface area contributed by atoms with Crippen LogP contribution in [0, 0.1) is 5.82 Å². The van der Waals surface area contributed by atoms with Gasteiger partial charge < -0.3 is 10.6 Å². The summed E-state index contributed by atoms with van der Waals surface area (Å²) in [5, 5.41) is 6.47. The Morgan fingerprint density at radius 2 is 1.95 bits per heavy atom. The van der Waals surface area contributed by atoms with Crippen molar-refractivity contribution < 1.29 is 4.39 Å². The molecule has 116 valence electrons. The number of guanidine groups is 1. The summed E-state index contributed by atoms with van der Waals surface area (Å²) in [5.74, 6) is 0.553. The van der Waals surface area contributed by atoms with E-state index in [-0.39, 0.29) is 5.82 Å². The van der Waals surface area contributed by atoms with E-state index in [1.165, 1.54) is 12.1 Å². The third-order valence-electron chi connectivity index (χ3n) is 3.09. The number of benzene rings is 1. The minimum Gasteiger partial charge on any atom is -0.357 e. The summed E-state index contributed by atoms with van der Waals surface area (Å²) in [5.41, 5.74) is 2.02. The molecule has 22 heavy (non-hydrogen) atoms. The first kappa shape index (κ1) is 15.9. The highest BCUT2D eigenvalue weighted by Crippen LogP contribution is 2.02. The Balaban J connectivity index is 1.84. The maximum absolute atomic E-state index is 12.8. The lowest BCUT2D eigenvalue weighted by molar-refractivity contribution is 0.626. The first-order chi connectivity index (χ1) is 10.8. The van der Waals surface area contributed by atoms with Crippen LogP contribution in [0.4, 0.5) is 4.39 Å². The number of pyridine rings is 1. The minimum absolute atomic E-state index is 0.207. The van der Waals surface area contributed by atoms with Crippen LogP contribution in [0.5, 0.6) is 0 Å². The number of aliphatic imine (C=N–C) groups is 1. The Labute approximate surface area is 130 Å². The van der Waals surface area contributed by atoms with E-state index in [9.17, 15) is 4.39 Å². The average molecular weight is 300 g/mol. The molecule has 0 unspecified atom stereocenters. The van der Waals surface area contributed by atoms with E-state index < -0.39 is 0 Å². The molecule has 0 bridgehead atoms. The zero-order valence-corrected chi connectivity index (χ0v) is 12.7. The van der Waals surface area contributed by atoms with Crippen molar-refractivity contribution in [2.45, 2.75) is 19.9 Å². The second kappa shape index (κ2) is 8.77. The van der Waals surface area contributed by atoms with Crippen molar-refractivity contribution in [2.24, 2.45) is 4.99 Å². The lowest BCUT2D eigenvalue weighted by Crippen LogP contribution is -2.38. The maximum atomic E-state index is 12.8. The fourth-order valence-corrected chi connectivity index (χ4v) is 1.97. The van der Waals surface area contributed by atoms with Crippen LogP contribution in [-0.2, 0) is 13.0 Å². The molecule has 0 saturated carbocycles. The summed E-state index contributed by atoms with van der Waals surface area (Å²) in [4.78, 5) is 8.75. The monoisotopic (exact) mass is 300 g/mol. The summed E-state index contributed by atoms with van der Waals surface area (Å²) >= 11 is 0. The van der Waals surface area contributed by atoms with Crippen LogP contribution in [0.15, 0.2) is 53.7 Å². The largest absolute Gasteiger partial charge is 0.357 e. The molecular weight excluding hydrogens is 279 g/mol. The highest BCUT2D eigenvalue weighted by Gasteiger charge is 1.99. The van der Waals surface area contributed by atoms with Crippen LogP contribution in [0.2, 0.25) is 0 Å². The molecule has 0 aliphatic rings. The van der Waals surface area contributed by atoms with Gasteiger partial charge in [0.15, 0.2) is 5.96 Å². The van der Waals surface area contributed by atoms with Gasteiger partial charge in [-0.1, -0.05) is 18.2 Å². The third kappa shape index (κ3) is 5.52. The highest BCUT2D eigenvalue weighted by atomic mass is 19.1. The fraction of sp³-hybridized carbons (Fsp3) is 0.294. The van der Waals surface area contributed by atoms with Crippen LogP contribution >= 0.6 is 0 Å². The smallest absolute Gasteiger partial charge is 0.191 e. The van der Waals surface area contributed by atoms with Gasteiger partial charge in [-0.2, -0.15) is 0 Å². The van der Waals surface area contributed by atoms with Gasteiger partial charge in [0.05, 0.1) is 12.2 Å². The molecule has 2 aromatic rings. The lowest BCUT2D eigenvalue weighted by Gasteiger charge is -2.11. The SMILES string of the molecule is CCNC(=NCc1ccccn1)NCCc1ccc(F)cc1. The van der Waals surface area contributed by atoms with Crippen molar-refractivity contribution in [3.63, 3.8) is 0 Å². The molecule has 0 fully saturated rings. The molecule has 0 saturated heterocycles. The zero-order chi connectivity index (χ0) is 15.6. The Morgan fingerprint density at radius 1 is 1.14 bits per heavy atom. The van der Waals surface area contributed by atoms with E-state index in [0.717, 1.165) is 36.7 Å². The molecule has 0 atom stereocenters. The number of aromatic nitrogens is 1. The number of hydrogen-bond donors (Lipinski definition) is 2. The molecule has 0 aliphatic carbocycles. The predicted molar refractivity (Wildman–Crippen MR) is 87.2 cm³/mol. The molecule has 1 heterocycles. The molecule has 4 nitrogen and oxygen atoms in total. The van der Waals surface area contributed by atoms with E-state index >= 15 is 0 Å². The Kier molecular flexibility index (Phi) is 6.36. The van der Waals surface area contributed by atoms with Gasteiger partial charge in [-0.05, 0) is 43.2 Å². The number of rotatable bonds is 6. The van der Waals surface area contributed by atoms with Crippen molar-refractivity contribution in [1.82, 2.24) is 15.6 Å². The molecule has 1 aromatic carbocycles. The van der Waals surface area contributed by atoms with Crippen molar-refractivity contribution in [1.29, 1.82) is 0 Å². The van der Waals surface area contributed by atoms with Gasteiger partial charge >= 0.3 is 0 Å². The molecule has 5 heteroatoms. The molecule has 2 rings (SSSR count). The van der Waals surface area contributed by atoms with Crippen LogP contribution in [-0.4, -0.2) is 24.0 Å². The van der Waals surface area contributed by atoms with Crippen LogP contribution in [0.3, 0.4) is 0 Å². The number of hydrogen-bond acceptors (Lipinski definition) is 2. The van der Waals surface area contributed by atoms with Crippen molar-refractivity contribution in [3.05, 3.63) is 65.7 Å². The second-order valence-electron chi connectivity index (χ2n) is 4.82. The van der Waals surface area contributed by atoms with Gasteiger partial charge in [-0.15, -0.1) is 0 Å². The Morgan fingerprint density at radius 3 is 2.64 bits per heavy atom. The molecular formula is C17H21FN4. The fourth-order valence-electron chi connectivity index (χ4n) is 1.97. The van der Waals surface area contributed by atoms with Crippen LogP contribution in [0.25, 0.3) is 0 Å². The lowest BCUT2D eigenvalue weighted by atomic mass is 10.1. The van der Waals surface area contributed by atoms with Crippen molar-refractivity contribution in [2.75, 3.05) is 13.1 Å². The zero-order valence-electron chi connectivity index (χ0n) is 12.7. The average Bonchev–Trinajstić information content (AvgIpc) is 2.55. The van der Waals surface area contributed by atoms with Gasteiger partial charge in [0, 0.05) is 19.3 Å². The summed E-state index contributed by atoms with van der Waals surface area (Å²) in [6, 6.07) is 12.4. The Bertz CT molecular complexity index is 581. The normalized spacial score (nSPS) is 11.3. The first-order valence-electron chi connectivity index (χ1n) is 7.44. The number of nitrogens with one attached hydrogen (secondary N) is 2. The summed E-state index contributed by atoms with van der Waals surface area (Å²) < 4.78 is 12.8. The van der Waals surface area contributed by atoms with E-state index in [2.05, 4.69) is 20.6 Å². The van der Waals surface area contributed by atoms with Gasteiger partial charge in [0.25, 0.3) is 0 Å². The summed E-state index contributed by atoms with van der Waals surface area (Å²) in [7, 11) is 0. The van der Waals surface area contributed by atoms with Crippen molar-refractivity contribution >= 4 is 5.96 Å². The Hall–Kier alpha value is -2.43. The topological polar surface area (TPSA) is 49.3 Å². The quantitative estimate of drug-likeness (QED) is 0.636. The molecule has 0 radical (unpaired) electrons. The second-order valence-corrected chi connectivity index (χ2v) is 4.82. The van der Waals surface area contributed by atoms with Crippen LogP contribution < -0.4 is 10.6 Å². The third-order valence-corrected chi connectivity index (χ3v) is 3.09. The molecule has 2 N–H and O–H groups in total. The van der Waals surface area contributed by atoms with Crippen LogP contribution in [0.1, 0.15) is 18.2 Å². The van der Waals surface area contributed by atoms with E-state index in [4.69, 9.17) is 0 Å². The summed E-state index contributed by atoms with van der Waals surface area (Å²) in [6.45, 7) is 4.09. The molecule has 0 spiro atoms. The van der Waals surface area contributed by atoms with Crippen molar-refractivity contribution in [3.8, 4) is 0 Å². The maximum Gasteiger partial charge on any atom is 0.191 e. The van der Waals surface area contributed by atoms with Gasteiger partial charge in [-0.3, -0.25) is 4.98 Å². The number of halogens is 1. The molecule has 0 aliphatic heterocycles. The van der Waals surface area contributed by atoms with E-state index in [1.807, 2.05) is 25.1 Å². The van der Waals surface area contributed by atoms with Gasteiger partial charge in [0.1, 0.15) is 5.82 Å². The summed E-state index contributed by atoms with van der Waals surface area (Å²) in [6.07, 6.45) is 2.58. The molecule has 1 aromatic heterocycles. The van der Waals surface area contributed by atoms with E-state index in [1.54, 1.807) is 18.3 Å². The standard InChI is InChI=1S/C17H21FN4/c1-2-19-17(22-13-16-5-3-4-11-20-16)21-12-10-14-6-8-15(18)9-7-14/h3-9,11H,2,10,12-13H2,1H3,(H2,19,21,22). The first-order valence-corrected chi connectivity index (χ1v) is 7.44. The minimum atomic E-state index is -0.207. The highest BCUT2D eigenvalue weighted by molar-refractivity contribution is 5.79. The molecule has 0 amide bonds. The number of nitrogens with zero attached hydrogens (tertiary/aromatic N) is 2. The predicted octanol–water partition coefficient (Wildman–Crippen LogP) is 2.52. The van der Waals surface area contributed by atoms with Gasteiger partial charge in [0.2, 0.25) is 0 Å².